The molecule has 0 saturated carbocycles. The van der Waals surface area contributed by atoms with E-state index < -0.39 is 0 Å². The molecule has 0 unspecified atom stereocenters. The standard InChI is InChI=1S/C21H28N4O.HI/c1-4-22-20(26)19-13-11-17(12-14-19)15-24-21(23-5-2)25(3)16-18-9-7-6-8-10-18;/h6-14H,4-5,15-16H2,1-3H3,(H,22,26)(H,23,24);1H. The first kappa shape index (κ1) is 23.0. The summed E-state index contributed by atoms with van der Waals surface area (Å²) in [6, 6.07) is 17.9. The van der Waals surface area contributed by atoms with Crippen LogP contribution in [0.2, 0.25) is 0 Å². The molecule has 2 aromatic rings. The molecule has 0 aliphatic heterocycles. The zero-order valence-electron chi connectivity index (χ0n) is 16.2. The molecule has 0 fully saturated rings. The molecule has 0 bridgehead atoms. The van der Waals surface area contributed by atoms with E-state index in [1.54, 1.807) is 0 Å². The average Bonchev–Trinajstić information content (AvgIpc) is 2.66. The third kappa shape index (κ3) is 7.58. The van der Waals surface area contributed by atoms with Crippen molar-refractivity contribution in [1.29, 1.82) is 0 Å². The van der Waals surface area contributed by atoms with Crippen molar-refractivity contribution in [3.05, 3.63) is 71.3 Å². The van der Waals surface area contributed by atoms with Crippen LogP contribution in [-0.2, 0) is 13.1 Å². The van der Waals surface area contributed by atoms with Gasteiger partial charge in [-0.3, -0.25) is 4.79 Å². The molecule has 0 saturated heterocycles. The Morgan fingerprint density at radius 1 is 0.926 bits per heavy atom. The predicted octanol–water partition coefficient (Wildman–Crippen LogP) is 3.65. The highest BCUT2D eigenvalue weighted by atomic mass is 127. The fourth-order valence-electron chi connectivity index (χ4n) is 2.59. The number of halogens is 1. The van der Waals surface area contributed by atoms with Crippen molar-refractivity contribution in [2.45, 2.75) is 26.9 Å². The molecule has 0 heterocycles. The van der Waals surface area contributed by atoms with E-state index in [4.69, 9.17) is 4.99 Å². The summed E-state index contributed by atoms with van der Waals surface area (Å²) in [5, 5.41) is 6.13. The molecule has 2 aromatic carbocycles. The molecule has 5 nitrogen and oxygen atoms in total. The molecular weight excluding hydrogens is 451 g/mol. The first-order valence-corrected chi connectivity index (χ1v) is 9.04. The molecule has 0 aromatic heterocycles. The van der Waals surface area contributed by atoms with Gasteiger partial charge in [0, 0.05) is 32.2 Å². The molecular formula is C21H29IN4O. The van der Waals surface area contributed by atoms with Gasteiger partial charge in [0.05, 0.1) is 6.54 Å². The van der Waals surface area contributed by atoms with E-state index in [-0.39, 0.29) is 29.9 Å². The summed E-state index contributed by atoms with van der Waals surface area (Å²) in [7, 11) is 2.03. The van der Waals surface area contributed by atoms with E-state index in [0.29, 0.717) is 18.7 Å². The summed E-state index contributed by atoms with van der Waals surface area (Å²) >= 11 is 0. The van der Waals surface area contributed by atoms with E-state index in [1.165, 1.54) is 5.56 Å². The molecule has 0 atom stereocenters. The Morgan fingerprint density at radius 3 is 2.15 bits per heavy atom. The molecule has 2 N–H and O–H groups in total. The topological polar surface area (TPSA) is 56.7 Å². The quantitative estimate of drug-likeness (QED) is 0.362. The lowest BCUT2D eigenvalue weighted by Gasteiger charge is -2.22. The van der Waals surface area contributed by atoms with Crippen LogP contribution in [0.15, 0.2) is 59.6 Å². The van der Waals surface area contributed by atoms with Gasteiger partial charge in [-0.15, -0.1) is 24.0 Å². The number of carbonyl (C=O) groups is 1. The predicted molar refractivity (Wildman–Crippen MR) is 123 cm³/mol. The van der Waals surface area contributed by atoms with E-state index >= 15 is 0 Å². The van der Waals surface area contributed by atoms with Crippen LogP contribution >= 0.6 is 24.0 Å². The van der Waals surface area contributed by atoms with Crippen LogP contribution in [0.1, 0.15) is 35.3 Å². The Labute approximate surface area is 179 Å². The average molecular weight is 480 g/mol. The molecule has 1 amide bonds. The maximum atomic E-state index is 11.8. The smallest absolute Gasteiger partial charge is 0.251 e. The molecule has 27 heavy (non-hydrogen) atoms. The second kappa shape index (κ2) is 12.3. The van der Waals surface area contributed by atoms with Crippen molar-refractivity contribution in [2.24, 2.45) is 4.99 Å². The number of hydrogen-bond donors (Lipinski definition) is 2. The first-order chi connectivity index (χ1) is 12.6. The van der Waals surface area contributed by atoms with Crippen LogP contribution in [0, 0.1) is 0 Å². The number of hydrogen-bond acceptors (Lipinski definition) is 2. The maximum Gasteiger partial charge on any atom is 0.251 e. The van der Waals surface area contributed by atoms with Crippen LogP contribution in [0.4, 0.5) is 0 Å². The highest BCUT2D eigenvalue weighted by molar-refractivity contribution is 14.0. The molecule has 0 radical (unpaired) electrons. The summed E-state index contributed by atoms with van der Waals surface area (Å²) < 4.78 is 0. The van der Waals surface area contributed by atoms with Gasteiger partial charge in [0.25, 0.3) is 5.91 Å². The number of benzene rings is 2. The summed E-state index contributed by atoms with van der Waals surface area (Å²) in [5.41, 5.74) is 2.99. The lowest BCUT2D eigenvalue weighted by atomic mass is 10.1. The SMILES string of the molecule is CCNC(=O)c1ccc(CN=C(NCC)N(C)Cc2ccccc2)cc1.I. The van der Waals surface area contributed by atoms with E-state index in [9.17, 15) is 4.79 Å². The van der Waals surface area contributed by atoms with Gasteiger partial charge in [-0.05, 0) is 37.1 Å². The Hall–Kier alpha value is -2.09. The number of guanidine groups is 1. The van der Waals surface area contributed by atoms with Crippen molar-refractivity contribution in [1.82, 2.24) is 15.5 Å². The van der Waals surface area contributed by atoms with E-state index in [2.05, 4.69) is 34.6 Å². The van der Waals surface area contributed by atoms with Gasteiger partial charge >= 0.3 is 0 Å². The molecule has 146 valence electrons. The summed E-state index contributed by atoms with van der Waals surface area (Å²) in [4.78, 5) is 18.6. The third-order valence-electron chi connectivity index (χ3n) is 3.92. The van der Waals surface area contributed by atoms with Gasteiger partial charge in [0.15, 0.2) is 5.96 Å². The number of carbonyl (C=O) groups excluding carboxylic acids is 1. The minimum Gasteiger partial charge on any atom is -0.357 e. The van der Waals surface area contributed by atoms with Crippen molar-refractivity contribution in [3.8, 4) is 0 Å². The first-order valence-electron chi connectivity index (χ1n) is 9.04. The Kier molecular flexibility index (Phi) is 10.5. The van der Waals surface area contributed by atoms with Gasteiger partial charge in [-0.25, -0.2) is 4.99 Å². The highest BCUT2D eigenvalue weighted by Gasteiger charge is 2.07. The fourth-order valence-corrected chi connectivity index (χ4v) is 2.59. The van der Waals surface area contributed by atoms with Crippen LogP contribution in [0.5, 0.6) is 0 Å². The summed E-state index contributed by atoms with van der Waals surface area (Å²) in [6.45, 7) is 6.78. The van der Waals surface area contributed by atoms with Crippen LogP contribution in [0.3, 0.4) is 0 Å². The zero-order valence-corrected chi connectivity index (χ0v) is 18.6. The minimum absolute atomic E-state index is 0. The van der Waals surface area contributed by atoms with E-state index in [0.717, 1.165) is 24.6 Å². The largest absolute Gasteiger partial charge is 0.357 e. The van der Waals surface area contributed by atoms with E-state index in [1.807, 2.05) is 56.4 Å². The van der Waals surface area contributed by atoms with Crippen molar-refractivity contribution in [2.75, 3.05) is 20.1 Å². The number of aliphatic imine (C=N–C) groups is 1. The lowest BCUT2D eigenvalue weighted by Crippen LogP contribution is -2.38. The molecule has 2 rings (SSSR count). The Bertz CT molecular complexity index is 717. The number of amides is 1. The zero-order chi connectivity index (χ0) is 18.8. The van der Waals surface area contributed by atoms with Crippen molar-refractivity contribution < 1.29 is 4.79 Å². The number of rotatable bonds is 7. The second-order valence-corrected chi connectivity index (χ2v) is 6.07. The Balaban J connectivity index is 0.00000364. The van der Waals surface area contributed by atoms with Gasteiger partial charge < -0.3 is 15.5 Å². The molecule has 0 aliphatic carbocycles. The van der Waals surface area contributed by atoms with Crippen LogP contribution < -0.4 is 10.6 Å². The van der Waals surface area contributed by atoms with Gasteiger partial charge in [-0.1, -0.05) is 42.5 Å². The van der Waals surface area contributed by atoms with Crippen LogP contribution in [-0.4, -0.2) is 36.9 Å². The van der Waals surface area contributed by atoms with Gasteiger partial charge in [0.2, 0.25) is 0 Å². The molecule has 6 heteroatoms. The second-order valence-electron chi connectivity index (χ2n) is 6.07. The number of nitrogens with zero attached hydrogens (tertiary/aromatic N) is 2. The van der Waals surface area contributed by atoms with Crippen molar-refractivity contribution >= 4 is 35.8 Å². The number of nitrogens with one attached hydrogen (secondary N) is 2. The molecule has 0 spiro atoms. The monoisotopic (exact) mass is 480 g/mol. The van der Waals surface area contributed by atoms with Crippen LogP contribution in [0.25, 0.3) is 0 Å². The molecule has 0 aliphatic rings. The van der Waals surface area contributed by atoms with Crippen molar-refractivity contribution in [3.63, 3.8) is 0 Å². The van der Waals surface area contributed by atoms with Gasteiger partial charge in [0.1, 0.15) is 0 Å². The highest BCUT2D eigenvalue weighted by Crippen LogP contribution is 2.07. The van der Waals surface area contributed by atoms with Gasteiger partial charge in [-0.2, -0.15) is 0 Å². The maximum absolute atomic E-state index is 11.8. The summed E-state index contributed by atoms with van der Waals surface area (Å²) in [5.74, 6) is 0.822. The fraction of sp³-hybridized carbons (Fsp3) is 0.333. The Morgan fingerprint density at radius 2 is 1.56 bits per heavy atom. The lowest BCUT2D eigenvalue weighted by molar-refractivity contribution is 0.0956. The minimum atomic E-state index is -0.0431. The third-order valence-corrected chi connectivity index (χ3v) is 3.92. The normalized spacial score (nSPS) is 10.7. The summed E-state index contributed by atoms with van der Waals surface area (Å²) in [6.07, 6.45) is 0.